The number of halogens is 1. The molecule has 0 amide bonds. The lowest BCUT2D eigenvalue weighted by Crippen LogP contribution is -2.10. The molecular formula is C17H12FNO2. The maximum Gasteiger partial charge on any atom is 0.169 e. The first kappa shape index (κ1) is 12.2. The van der Waals surface area contributed by atoms with Gasteiger partial charge in [0.25, 0.3) is 0 Å². The molecule has 0 aliphatic carbocycles. The molecule has 104 valence electrons. The second-order valence-corrected chi connectivity index (χ2v) is 4.97. The Morgan fingerprint density at radius 1 is 1.05 bits per heavy atom. The molecule has 2 aromatic carbocycles. The number of nitrogens with two attached hydrogens (primary N) is 1. The van der Waals surface area contributed by atoms with Crippen LogP contribution in [0.5, 0.6) is 0 Å². The second kappa shape index (κ2) is 4.46. The molecule has 3 nitrogen and oxygen atoms in total. The molecule has 0 saturated heterocycles. The van der Waals surface area contributed by atoms with E-state index in [1.807, 2.05) is 24.3 Å². The Labute approximate surface area is 119 Å². The van der Waals surface area contributed by atoms with E-state index in [1.165, 1.54) is 6.07 Å². The van der Waals surface area contributed by atoms with Gasteiger partial charge < -0.3 is 14.6 Å². The van der Waals surface area contributed by atoms with Crippen LogP contribution in [-0.2, 0) is 0 Å². The first-order chi connectivity index (χ1) is 10.2. The lowest BCUT2D eigenvalue weighted by molar-refractivity contribution is 0.500. The van der Waals surface area contributed by atoms with Crippen LogP contribution < -0.4 is 5.73 Å². The molecule has 1 atom stereocenters. The van der Waals surface area contributed by atoms with Gasteiger partial charge >= 0.3 is 0 Å². The van der Waals surface area contributed by atoms with Crippen LogP contribution in [0.15, 0.2) is 63.6 Å². The molecule has 2 N–H and O–H groups in total. The number of rotatable bonds is 2. The SMILES string of the molecule is NC(c1cc2cccc(F)c2o1)c1coc2ccccc12. The first-order valence-corrected chi connectivity index (χ1v) is 6.64. The van der Waals surface area contributed by atoms with Gasteiger partial charge in [-0.3, -0.25) is 0 Å². The summed E-state index contributed by atoms with van der Waals surface area (Å²) in [7, 11) is 0. The van der Waals surface area contributed by atoms with E-state index in [0.29, 0.717) is 11.1 Å². The topological polar surface area (TPSA) is 52.3 Å². The molecule has 0 fully saturated rings. The van der Waals surface area contributed by atoms with E-state index in [0.717, 1.165) is 16.5 Å². The van der Waals surface area contributed by atoms with Crippen LogP contribution in [-0.4, -0.2) is 0 Å². The summed E-state index contributed by atoms with van der Waals surface area (Å²) in [6.45, 7) is 0. The highest BCUT2D eigenvalue weighted by atomic mass is 19.1. The van der Waals surface area contributed by atoms with Crippen molar-refractivity contribution < 1.29 is 13.2 Å². The largest absolute Gasteiger partial charge is 0.464 e. The molecule has 1 unspecified atom stereocenters. The zero-order chi connectivity index (χ0) is 14.4. The Morgan fingerprint density at radius 2 is 1.90 bits per heavy atom. The highest BCUT2D eigenvalue weighted by Gasteiger charge is 2.19. The third-order valence-electron chi connectivity index (χ3n) is 3.67. The van der Waals surface area contributed by atoms with Gasteiger partial charge in [-0.1, -0.05) is 30.3 Å². The Balaban J connectivity index is 1.86. The highest BCUT2D eigenvalue weighted by molar-refractivity contribution is 5.83. The van der Waals surface area contributed by atoms with Gasteiger partial charge in [0, 0.05) is 16.3 Å². The third-order valence-corrected chi connectivity index (χ3v) is 3.67. The van der Waals surface area contributed by atoms with Gasteiger partial charge in [0.15, 0.2) is 11.4 Å². The molecule has 0 aliphatic rings. The van der Waals surface area contributed by atoms with Gasteiger partial charge in [-0.15, -0.1) is 0 Å². The van der Waals surface area contributed by atoms with Crippen LogP contribution in [0, 0.1) is 5.82 Å². The number of hydrogen-bond donors (Lipinski definition) is 1. The van der Waals surface area contributed by atoms with Crippen LogP contribution in [0.25, 0.3) is 21.9 Å². The summed E-state index contributed by atoms with van der Waals surface area (Å²) in [6.07, 6.45) is 1.62. The van der Waals surface area contributed by atoms with Gasteiger partial charge in [-0.2, -0.15) is 0 Å². The minimum Gasteiger partial charge on any atom is -0.464 e. The van der Waals surface area contributed by atoms with Crippen molar-refractivity contribution in [1.29, 1.82) is 0 Å². The number of benzene rings is 2. The molecule has 2 aromatic heterocycles. The van der Waals surface area contributed by atoms with E-state index in [-0.39, 0.29) is 11.4 Å². The summed E-state index contributed by atoms with van der Waals surface area (Å²) >= 11 is 0. The van der Waals surface area contributed by atoms with E-state index in [2.05, 4.69) is 0 Å². The number of furan rings is 2. The van der Waals surface area contributed by atoms with Crippen molar-refractivity contribution in [2.45, 2.75) is 6.04 Å². The first-order valence-electron chi connectivity index (χ1n) is 6.64. The van der Waals surface area contributed by atoms with Gasteiger partial charge in [-0.05, 0) is 18.2 Å². The third kappa shape index (κ3) is 1.84. The summed E-state index contributed by atoms with van der Waals surface area (Å²) < 4.78 is 24.8. The molecule has 0 aliphatic heterocycles. The number of para-hydroxylation sites is 2. The highest BCUT2D eigenvalue weighted by Crippen LogP contribution is 2.32. The van der Waals surface area contributed by atoms with Gasteiger partial charge in [0.2, 0.25) is 0 Å². The Morgan fingerprint density at radius 3 is 2.76 bits per heavy atom. The molecule has 0 radical (unpaired) electrons. The lowest BCUT2D eigenvalue weighted by Gasteiger charge is -2.06. The monoisotopic (exact) mass is 281 g/mol. The van der Waals surface area contributed by atoms with Gasteiger partial charge in [0.05, 0.1) is 12.3 Å². The molecule has 21 heavy (non-hydrogen) atoms. The average molecular weight is 281 g/mol. The maximum atomic E-state index is 13.7. The van der Waals surface area contributed by atoms with Crippen molar-refractivity contribution in [2.24, 2.45) is 5.73 Å². The van der Waals surface area contributed by atoms with Crippen molar-refractivity contribution in [3.63, 3.8) is 0 Å². The fourth-order valence-corrected chi connectivity index (χ4v) is 2.59. The minimum atomic E-state index is -0.500. The fourth-order valence-electron chi connectivity index (χ4n) is 2.59. The van der Waals surface area contributed by atoms with Crippen LogP contribution in [0.2, 0.25) is 0 Å². The maximum absolute atomic E-state index is 13.7. The zero-order valence-electron chi connectivity index (χ0n) is 11.0. The molecular weight excluding hydrogens is 269 g/mol. The standard InChI is InChI=1S/C17H12FNO2/c18-13-6-3-4-10-8-15(21-17(10)13)16(19)12-9-20-14-7-2-1-5-11(12)14/h1-9,16H,19H2. The van der Waals surface area contributed by atoms with E-state index in [4.69, 9.17) is 14.6 Å². The van der Waals surface area contributed by atoms with Gasteiger partial charge in [-0.25, -0.2) is 4.39 Å². The smallest absolute Gasteiger partial charge is 0.169 e. The summed E-state index contributed by atoms with van der Waals surface area (Å²) in [5.41, 5.74) is 8.09. The zero-order valence-corrected chi connectivity index (χ0v) is 11.0. The predicted molar refractivity (Wildman–Crippen MR) is 78.4 cm³/mol. The van der Waals surface area contributed by atoms with Crippen LogP contribution in [0.3, 0.4) is 0 Å². The van der Waals surface area contributed by atoms with Crippen molar-refractivity contribution in [3.05, 3.63) is 71.9 Å². The summed E-state index contributed by atoms with van der Waals surface area (Å²) in [5, 5.41) is 1.64. The fraction of sp³-hybridized carbons (Fsp3) is 0.0588. The average Bonchev–Trinajstić information content (AvgIpc) is 3.11. The normalized spacial score (nSPS) is 13.0. The molecule has 4 aromatic rings. The van der Waals surface area contributed by atoms with Crippen LogP contribution >= 0.6 is 0 Å². The second-order valence-electron chi connectivity index (χ2n) is 4.97. The van der Waals surface area contributed by atoms with Crippen molar-refractivity contribution in [2.75, 3.05) is 0 Å². The summed E-state index contributed by atoms with van der Waals surface area (Å²) in [6, 6.07) is 13.7. The van der Waals surface area contributed by atoms with Crippen LogP contribution in [0.4, 0.5) is 4.39 Å². The van der Waals surface area contributed by atoms with Crippen molar-refractivity contribution in [1.82, 2.24) is 0 Å². The van der Waals surface area contributed by atoms with Crippen molar-refractivity contribution >= 4 is 21.9 Å². The Kier molecular flexibility index (Phi) is 2.59. The Bertz CT molecular complexity index is 938. The molecule has 0 saturated carbocycles. The number of fused-ring (bicyclic) bond motifs is 2. The molecule has 4 rings (SSSR count). The summed E-state index contributed by atoms with van der Waals surface area (Å²) in [4.78, 5) is 0. The van der Waals surface area contributed by atoms with Crippen molar-refractivity contribution in [3.8, 4) is 0 Å². The van der Waals surface area contributed by atoms with Crippen LogP contribution in [0.1, 0.15) is 17.4 Å². The van der Waals surface area contributed by atoms with E-state index >= 15 is 0 Å². The van der Waals surface area contributed by atoms with E-state index in [1.54, 1.807) is 24.5 Å². The molecule has 4 heteroatoms. The lowest BCUT2D eigenvalue weighted by atomic mass is 10.0. The Hall–Kier alpha value is -2.59. The predicted octanol–water partition coefficient (Wildman–Crippen LogP) is 4.37. The van der Waals surface area contributed by atoms with E-state index in [9.17, 15) is 4.39 Å². The molecule has 2 heterocycles. The number of hydrogen-bond acceptors (Lipinski definition) is 3. The molecule has 0 bridgehead atoms. The minimum absolute atomic E-state index is 0.232. The molecule has 0 spiro atoms. The van der Waals surface area contributed by atoms with E-state index < -0.39 is 6.04 Å². The van der Waals surface area contributed by atoms with Gasteiger partial charge in [0.1, 0.15) is 11.3 Å². The summed E-state index contributed by atoms with van der Waals surface area (Å²) in [5.74, 6) is 0.129. The quantitative estimate of drug-likeness (QED) is 0.593.